The summed E-state index contributed by atoms with van der Waals surface area (Å²) in [5, 5.41) is 18.8. The summed E-state index contributed by atoms with van der Waals surface area (Å²) in [6, 6.07) is 89.8. The highest BCUT2D eigenvalue weighted by molar-refractivity contribution is 9.11. The number of rotatable bonds is 27. The van der Waals surface area contributed by atoms with E-state index >= 15 is 0 Å². The van der Waals surface area contributed by atoms with Crippen molar-refractivity contribution in [3.8, 4) is 62.5 Å². The highest BCUT2D eigenvalue weighted by Gasteiger charge is 2.27. The van der Waals surface area contributed by atoms with Gasteiger partial charge in [0.1, 0.15) is 29.3 Å². The molecule has 14 aromatic rings. The summed E-state index contributed by atoms with van der Waals surface area (Å²) in [5.74, 6) is 3.79. The molecular formula is C111H113Br5Cl4N14O8Si. The number of aromatic amines is 1. The fourth-order valence-electron chi connectivity index (χ4n) is 15.0. The lowest BCUT2D eigenvalue weighted by atomic mass is 10.0. The number of ether oxygens (including phenoxy) is 4. The lowest BCUT2D eigenvalue weighted by molar-refractivity contribution is 0.112. The molecule has 11 aromatic carbocycles. The largest absolute Gasteiger partial charge is 0.497 e. The van der Waals surface area contributed by atoms with Crippen molar-refractivity contribution in [2.75, 3.05) is 78.3 Å². The van der Waals surface area contributed by atoms with Crippen LogP contribution in [-0.2, 0) is 26.2 Å². The average Bonchev–Trinajstić information content (AvgIpc) is 0.776. The first-order chi connectivity index (χ1) is 68.8. The average molecular weight is 2340 g/mol. The molecule has 0 bridgehead atoms. The Morgan fingerprint density at radius 3 is 1.25 bits per heavy atom. The van der Waals surface area contributed by atoms with Gasteiger partial charge in [-0.3, -0.25) is 43.0 Å². The number of halogens is 9. The van der Waals surface area contributed by atoms with Crippen LogP contribution in [-0.4, -0.2) is 133 Å². The second-order valence-electron chi connectivity index (χ2n) is 34.3. The lowest BCUT2D eigenvalue weighted by Crippen LogP contribution is -2.41. The van der Waals surface area contributed by atoms with Crippen molar-refractivity contribution in [2.24, 2.45) is 5.73 Å². The van der Waals surface area contributed by atoms with Gasteiger partial charge >= 0.3 is 6.17 Å². The molecule has 16 rings (SSSR count). The minimum Gasteiger partial charge on any atom is -0.497 e. The van der Waals surface area contributed by atoms with E-state index in [1.165, 1.54) is 26.8 Å². The van der Waals surface area contributed by atoms with E-state index in [1.807, 2.05) is 238 Å². The summed E-state index contributed by atoms with van der Waals surface area (Å²) in [4.78, 5) is 73.6. The van der Waals surface area contributed by atoms with Gasteiger partial charge in [0.25, 0.3) is 16.7 Å². The van der Waals surface area contributed by atoms with Crippen LogP contribution in [0.2, 0.25) is 40.3 Å². The number of nitrogens with two attached hydrogens (primary N) is 1. The maximum Gasteiger partial charge on any atom is 0.303 e. The van der Waals surface area contributed by atoms with Crippen molar-refractivity contribution in [3.63, 3.8) is 0 Å². The van der Waals surface area contributed by atoms with Crippen LogP contribution in [0.15, 0.2) is 327 Å². The van der Waals surface area contributed by atoms with E-state index in [2.05, 4.69) is 210 Å². The number of carbonyl (C=O) groups excluding carboxylic acids is 1. The second-order valence-corrected chi connectivity index (χ2v) is 45.1. The van der Waals surface area contributed by atoms with E-state index in [-0.39, 0.29) is 55.8 Å². The monoisotopic (exact) mass is 2330 g/mol. The van der Waals surface area contributed by atoms with Crippen molar-refractivity contribution in [1.29, 1.82) is 5.26 Å². The zero-order valence-electron chi connectivity index (χ0n) is 80.7. The molecule has 2 aliphatic rings. The van der Waals surface area contributed by atoms with Crippen LogP contribution in [0, 0.1) is 17.5 Å². The number of hydrogen-bond donors (Lipinski definition) is 5. The number of anilines is 2. The maximum absolute atomic E-state index is 13.9. The number of nitrogens with zero attached hydrogens (tertiary/aromatic N) is 9. The van der Waals surface area contributed by atoms with Gasteiger partial charge < -0.3 is 40.3 Å². The fraction of sp³-hybridized carbons (Fsp3) is 0.234. The van der Waals surface area contributed by atoms with E-state index < -0.39 is 13.6 Å². The van der Waals surface area contributed by atoms with Gasteiger partial charge in [0.2, 0.25) is 0 Å². The van der Waals surface area contributed by atoms with Crippen LogP contribution in [0.25, 0.3) is 50.8 Å². The van der Waals surface area contributed by atoms with Crippen molar-refractivity contribution in [2.45, 2.75) is 104 Å². The highest BCUT2D eigenvalue weighted by atomic mass is 79.9. The Bertz CT molecular complexity index is 6800. The van der Waals surface area contributed by atoms with E-state index in [4.69, 9.17) is 82.9 Å². The molecular weight excluding hydrogens is 2230 g/mol. The first kappa shape index (κ1) is 114. The molecule has 1 unspecified atom stereocenters. The summed E-state index contributed by atoms with van der Waals surface area (Å²) < 4.78 is 28.4. The summed E-state index contributed by atoms with van der Waals surface area (Å²) in [7, 11) is 5.21. The number of H-pyrrole nitrogens is 1. The second kappa shape index (κ2) is 58.5. The number of benzene rings is 11. The molecule has 0 amide bonds. The summed E-state index contributed by atoms with van der Waals surface area (Å²) in [6.07, 6.45) is 8.71. The Balaban J connectivity index is 0.000000184. The van der Waals surface area contributed by atoms with Gasteiger partial charge in [-0.05, 0) is 188 Å². The van der Waals surface area contributed by atoms with Gasteiger partial charge in [-0.25, -0.2) is 32.1 Å². The zero-order valence-corrected chi connectivity index (χ0v) is 92.6. The maximum atomic E-state index is 13.9. The van der Waals surface area contributed by atoms with Crippen molar-refractivity contribution >= 4 is 164 Å². The molecule has 6 N–H and O–H groups in total. The smallest absolute Gasteiger partial charge is 0.303 e. The molecule has 5 heterocycles. The Hall–Kier alpha value is -11.4. The van der Waals surface area contributed by atoms with Crippen molar-refractivity contribution in [3.05, 3.63) is 420 Å². The van der Waals surface area contributed by atoms with Crippen LogP contribution < -0.4 is 57.3 Å². The van der Waals surface area contributed by atoms with Crippen LogP contribution in [0.4, 0.5) is 11.6 Å². The van der Waals surface area contributed by atoms with E-state index in [1.54, 1.807) is 45.1 Å². The number of likely N-dealkylation sites (tertiary alicyclic amines) is 2. The third-order valence-corrected chi connectivity index (χ3v) is 26.5. The molecule has 2 fully saturated rings. The minimum absolute atomic E-state index is 0.145. The molecule has 2 saturated heterocycles. The van der Waals surface area contributed by atoms with Crippen molar-refractivity contribution < 1.29 is 23.7 Å². The van der Waals surface area contributed by atoms with Gasteiger partial charge in [-0.2, -0.15) is 0 Å². The first-order valence-electron chi connectivity index (χ1n) is 45.8. The molecule has 0 saturated carbocycles. The van der Waals surface area contributed by atoms with Crippen LogP contribution in [0.5, 0.6) is 23.0 Å². The highest BCUT2D eigenvalue weighted by Crippen LogP contribution is 2.34. The lowest BCUT2D eigenvalue weighted by Gasteiger charge is -2.32. The third-order valence-electron chi connectivity index (χ3n) is 22.3. The summed E-state index contributed by atoms with van der Waals surface area (Å²) in [5.41, 5.74) is 21.8. The third kappa shape index (κ3) is 37.3. The van der Waals surface area contributed by atoms with Gasteiger partial charge in [0.05, 0.1) is 64.2 Å². The fourth-order valence-corrected chi connectivity index (χ4v) is 18.1. The van der Waals surface area contributed by atoms with Gasteiger partial charge in [0.15, 0.2) is 40.3 Å². The molecule has 0 radical (unpaired) electrons. The van der Waals surface area contributed by atoms with Gasteiger partial charge in [-0.1, -0.05) is 333 Å². The summed E-state index contributed by atoms with van der Waals surface area (Å²) in [6.45, 7) is 25.4. The number of aromatic nitrogens is 6. The van der Waals surface area contributed by atoms with E-state index in [9.17, 15) is 19.2 Å². The van der Waals surface area contributed by atoms with Crippen LogP contribution in [0.3, 0.4) is 0 Å². The summed E-state index contributed by atoms with van der Waals surface area (Å²) >= 11 is 42.6. The molecule has 742 valence electrons. The standard InChI is InChI=1S/C33H34BrClN4O2.C25H26BrClN4O.C18H13BrCl2N2O2.C16H15BrN2O.C8H11NO.C7H5BrO.C4H9NSi/c1-23(19-24-7-4-3-5-8-24)21-38-17-15-28(16-18-38)36-32-33(40)39(22-25-11-13-29(41-2)14-12-25)30(31(35)37-32)26-9-6-10-27(34)20-26;1-17(14-18-6-3-2-4-7-18)16-31-12-10-21(11-13-31)28-24-25(32)29-22(23(27)30-24)19-8-5-9-20(26)15-19;1-25-14-7-5-11(6-8-14)10-23-15(12-3-2-4-13(19)9-12)16(20)22-17(21)18(23)24;1-18-16(13-4-3-5-14(17)10-13)19-11-12-6-8-15(20-2)9-7-12;1-10-8-4-2-7(6-9)3-5-8;8-7-3-1-2-6(4-7)5-9;1-6(2,3)4-5/h3-14,19-20,28H,15-18,21-22H2,1-2H3,(H,36,37);2-9,14-15,21H,10-13,16H2,1H3,(H,28,30)(H,29,32);2-9H,10H2,1H3;3-10,16,19H,11H2,2H3;2-5H,6,9H2,1H3;1-5H;1-3H3/b23-19+;17-14+;;;;;. The number of hydrogen-bond acceptors (Lipinski definition) is 18. The predicted molar refractivity (Wildman–Crippen MR) is 605 cm³/mol. The first-order valence-corrected chi connectivity index (χ1v) is 54.8. The number of nitriles is 1. The Morgan fingerprint density at radius 1 is 0.483 bits per heavy atom. The molecule has 0 aliphatic carbocycles. The van der Waals surface area contributed by atoms with Crippen LogP contribution in [0.1, 0.15) is 95.0 Å². The molecule has 3 aromatic heterocycles. The molecule has 143 heavy (non-hydrogen) atoms. The molecule has 32 heteroatoms. The number of methoxy groups -OCH3 is 4. The van der Waals surface area contributed by atoms with E-state index in [0.717, 1.165) is 161 Å². The SMILES string of the molecule is C/C(=C\c1ccccc1)CN1CCC(Nc2nc(Cl)c(-c3cccc(Br)c3)[nH]c2=O)CC1.COc1ccc(CN)cc1.COc1ccc(Cn2c(-c3cccc(Br)c3)c(Cl)nc(Cl)c2=O)cc1.COc1ccc(Cn2c(-c3cccc(Br)c3)c(Cl)nc(NC3CCN(C/C(C)=C/c4ccccc4)CC3)c2=O)cc1.C[Si](C)(C)C#N.O=Cc1cccc(Br)c1.[C-]#[N+]C(NCc1ccc(OC)cc1)c1cccc(Br)c1. The number of nitrogens with one attached hydrogen (secondary N) is 4. The Kier molecular flexibility index (Phi) is 46.5. The normalized spacial score (nSPS) is 12.9. The van der Waals surface area contributed by atoms with Gasteiger partial charge in [0, 0.05) is 115 Å². The minimum atomic E-state index is -1.33. The quantitative estimate of drug-likeness (QED) is 0.0182. The zero-order chi connectivity index (χ0) is 103. The van der Waals surface area contributed by atoms with Crippen LogP contribution >= 0.6 is 126 Å². The Morgan fingerprint density at radius 2 is 0.853 bits per heavy atom. The topological polar surface area (TPSA) is 266 Å². The van der Waals surface area contributed by atoms with Crippen molar-refractivity contribution in [1.82, 2.24) is 44.2 Å². The molecule has 1 atom stereocenters. The number of carbonyl (C=O) groups is 1. The van der Waals surface area contributed by atoms with E-state index in [0.29, 0.717) is 54.6 Å². The number of piperidine rings is 2. The number of aldehydes is 1. The Labute approximate surface area is 899 Å². The molecule has 2 aliphatic heterocycles. The molecule has 22 nitrogen and oxygen atoms in total. The van der Waals surface area contributed by atoms with Gasteiger partial charge in [-0.15, -0.1) is 0 Å². The molecule has 0 spiro atoms. The predicted octanol–water partition coefficient (Wildman–Crippen LogP) is 27.2.